The van der Waals surface area contributed by atoms with Crippen LogP contribution in [0.25, 0.3) is 5.82 Å². The number of hydrogen-bond donors (Lipinski definition) is 1. The maximum absolute atomic E-state index is 13.0. The van der Waals surface area contributed by atoms with Gasteiger partial charge < -0.3 is 10.2 Å². The molecule has 8 heteroatoms. The highest BCUT2D eigenvalue weighted by atomic mass is 19.1. The minimum atomic E-state index is -0.329. The van der Waals surface area contributed by atoms with Crippen molar-refractivity contribution in [3.8, 4) is 5.82 Å². The maximum Gasteiger partial charge on any atom is 0.224 e. The molecule has 1 amide bonds. The predicted molar refractivity (Wildman–Crippen MR) is 113 cm³/mol. The van der Waals surface area contributed by atoms with Crippen molar-refractivity contribution in [3.63, 3.8) is 0 Å². The molecule has 0 bridgehead atoms. The van der Waals surface area contributed by atoms with E-state index in [0.29, 0.717) is 18.5 Å². The SMILES string of the molecule is Cc1nn(-c2cc(N3CCCC3)ncn2)c(C)c1CCC(=O)Nc1ccc(F)cc1. The van der Waals surface area contributed by atoms with Gasteiger partial charge in [-0.2, -0.15) is 5.10 Å². The van der Waals surface area contributed by atoms with Crippen molar-refractivity contribution in [2.24, 2.45) is 0 Å². The van der Waals surface area contributed by atoms with E-state index in [1.807, 2.05) is 24.6 Å². The number of aryl methyl sites for hydroxylation is 1. The van der Waals surface area contributed by atoms with Gasteiger partial charge in [0.05, 0.1) is 5.69 Å². The molecule has 0 aliphatic carbocycles. The molecule has 0 spiro atoms. The van der Waals surface area contributed by atoms with E-state index >= 15 is 0 Å². The van der Waals surface area contributed by atoms with E-state index in [-0.39, 0.29) is 11.7 Å². The van der Waals surface area contributed by atoms with Crippen LogP contribution >= 0.6 is 0 Å². The lowest BCUT2D eigenvalue weighted by molar-refractivity contribution is -0.116. The largest absolute Gasteiger partial charge is 0.356 e. The minimum absolute atomic E-state index is 0.119. The summed E-state index contributed by atoms with van der Waals surface area (Å²) in [6.45, 7) is 5.97. The van der Waals surface area contributed by atoms with Gasteiger partial charge in [-0.25, -0.2) is 19.0 Å². The van der Waals surface area contributed by atoms with Gasteiger partial charge in [-0.05, 0) is 62.9 Å². The van der Waals surface area contributed by atoms with Gasteiger partial charge in [0.2, 0.25) is 5.91 Å². The molecule has 1 saturated heterocycles. The average molecular weight is 408 g/mol. The first kappa shape index (κ1) is 20.0. The molecule has 3 aromatic rings. The minimum Gasteiger partial charge on any atom is -0.356 e. The van der Waals surface area contributed by atoms with Gasteiger partial charge in [-0.3, -0.25) is 4.79 Å². The van der Waals surface area contributed by atoms with Crippen LogP contribution in [0.1, 0.15) is 36.2 Å². The molecule has 0 atom stereocenters. The van der Waals surface area contributed by atoms with E-state index < -0.39 is 0 Å². The third-order valence-corrected chi connectivity index (χ3v) is 5.46. The van der Waals surface area contributed by atoms with Crippen molar-refractivity contribution < 1.29 is 9.18 Å². The van der Waals surface area contributed by atoms with E-state index in [1.165, 1.54) is 25.0 Å². The van der Waals surface area contributed by atoms with Gasteiger partial charge in [-0.15, -0.1) is 0 Å². The molecule has 4 rings (SSSR count). The number of nitrogens with one attached hydrogen (secondary N) is 1. The molecule has 0 radical (unpaired) electrons. The number of carbonyl (C=O) groups is 1. The number of anilines is 2. The summed E-state index contributed by atoms with van der Waals surface area (Å²) in [5.74, 6) is 1.20. The van der Waals surface area contributed by atoms with Gasteiger partial charge in [0.15, 0.2) is 5.82 Å². The lowest BCUT2D eigenvalue weighted by Crippen LogP contribution is -2.19. The van der Waals surface area contributed by atoms with Crippen LogP contribution in [0.15, 0.2) is 36.7 Å². The van der Waals surface area contributed by atoms with Gasteiger partial charge in [0.25, 0.3) is 0 Å². The summed E-state index contributed by atoms with van der Waals surface area (Å²) in [7, 11) is 0. The van der Waals surface area contributed by atoms with Crippen LogP contribution < -0.4 is 10.2 Å². The lowest BCUT2D eigenvalue weighted by atomic mass is 10.1. The Bertz CT molecular complexity index is 1040. The Kier molecular flexibility index (Phi) is 5.74. The van der Waals surface area contributed by atoms with Gasteiger partial charge in [0.1, 0.15) is 18.0 Å². The van der Waals surface area contributed by atoms with Crippen LogP contribution in [-0.2, 0) is 11.2 Å². The Labute approximate surface area is 175 Å². The Hall–Kier alpha value is -3.29. The summed E-state index contributed by atoms with van der Waals surface area (Å²) in [5, 5.41) is 7.45. The second kappa shape index (κ2) is 8.61. The number of halogens is 1. The molecular formula is C22H25FN6O. The van der Waals surface area contributed by atoms with Gasteiger partial charge in [0, 0.05) is 37.0 Å². The van der Waals surface area contributed by atoms with Crippen LogP contribution in [0.5, 0.6) is 0 Å². The highest BCUT2D eigenvalue weighted by Crippen LogP contribution is 2.22. The smallest absolute Gasteiger partial charge is 0.224 e. The fraction of sp³-hybridized carbons (Fsp3) is 0.364. The number of benzene rings is 1. The van der Waals surface area contributed by atoms with Gasteiger partial charge in [-0.1, -0.05) is 0 Å². The Morgan fingerprint density at radius 1 is 1.10 bits per heavy atom. The number of hydrogen-bond acceptors (Lipinski definition) is 5. The lowest BCUT2D eigenvalue weighted by Gasteiger charge is -2.16. The number of amides is 1. The molecule has 156 valence electrons. The molecule has 2 aromatic heterocycles. The monoisotopic (exact) mass is 408 g/mol. The third-order valence-electron chi connectivity index (χ3n) is 5.46. The van der Waals surface area contributed by atoms with Crippen LogP contribution in [0.4, 0.5) is 15.9 Å². The highest BCUT2D eigenvalue weighted by molar-refractivity contribution is 5.90. The van der Waals surface area contributed by atoms with E-state index in [4.69, 9.17) is 0 Å². The molecule has 1 N–H and O–H groups in total. The van der Waals surface area contributed by atoms with Crippen molar-refractivity contribution in [2.45, 2.75) is 39.5 Å². The first-order valence-corrected chi connectivity index (χ1v) is 10.2. The Morgan fingerprint density at radius 3 is 2.53 bits per heavy atom. The zero-order valence-corrected chi connectivity index (χ0v) is 17.2. The summed E-state index contributed by atoms with van der Waals surface area (Å²) in [5.41, 5.74) is 3.46. The van der Waals surface area contributed by atoms with Crippen molar-refractivity contribution in [1.82, 2.24) is 19.7 Å². The Morgan fingerprint density at radius 2 is 1.80 bits per heavy atom. The van der Waals surface area contributed by atoms with Crippen molar-refractivity contribution in [1.29, 1.82) is 0 Å². The standard InChI is InChI=1S/C22H25FN6O/c1-15-19(9-10-22(30)26-18-7-5-17(23)6-8-18)16(2)29(27-15)21-13-20(24-14-25-21)28-11-3-4-12-28/h5-8,13-14H,3-4,9-12H2,1-2H3,(H,26,30). The van der Waals surface area contributed by atoms with E-state index in [2.05, 4.69) is 25.3 Å². The Balaban J connectivity index is 1.46. The third kappa shape index (κ3) is 4.32. The molecule has 7 nitrogen and oxygen atoms in total. The highest BCUT2D eigenvalue weighted by Gasteiger charge is 2.18. The maximum atomic E-state index is 13.0. The number of carbonyl (C=O) groups excluding carboxylic acids is 1. The van der Waals surface area contributed by atoms with Crippen LogP contribution in [-0.4, -0.2) is 38.7 Å². The molecule has 1 aliphatic rings. The fourth-order valence-corrected chi connectivity index (χ4v) is 3.83. The van der Waals surface area contributed by atoms with Crippen LogP contribution in [0.2, 0.25) is 0 Å². The zero-order chi connectivity index (χ0) is 21.1. The summed E-state index contributed by atoms with van der Waals surface area (Å²) >= 11 is 0. The molecule has 0 saturated carbocycles. The molecular weight excluding hydrogens is 383 g/mol. The van der Waals surface area contributed by atoms with Gasteiger partial charge >= 0.3 is 0 Å². The molecule has 1 fully saturated rings. The molecule has 1 aromatic carbocycles. The molecule has 30 heavy (non-hydrogen) atoms. The van der Waals surface area contributed by atoms with Crippen LogP contribution in [0, 0.1) is 19.7 Å². The fourth-order valence-electron chi connectivity index (χ4n) is 3.83. The summed E-state index contributed by atoms with van der Waals surface area (Å²) in [6.07, 6.45) is 4.82. The topological polar surface area (TPSA) is 75.9 Å². The molecule has 3 heterocycles. The van der Waals surface area contributed by atoms with E-state index in [0.717, 1.165) is 41.7 Å². The summed E-state index contributed by atoms with van der Waals surface area (Å²) < 4.78 is 14.8. The second-order valence-electron chi connectivity index (χ2n) is 7.54. The van der Waals surface area contributed by atoms with E-state index in [9.17, 15) is 9.18 Å². The number of aromatic nitrogens is 4. The van der Waals surface area contributed by atoms with Crippen molar-refractivity contribution in [2.75, 3.05) is 23.3 Å². The zero-order valence-electron chi connectivity index (χ0n) is 17.2. The predicted octanol–water partition coefficient (Wildman–Crippen LogP) is 3.59. The van der Waals surface area contributed by atoms with Crippen LogP contribution in [0.3, 0.4) is 0 Å². The second-order valence-corrected chi connectivity index (χ2v) is 7.54. The summed E-state index contributed by atoms with van der Waals surface area (Å²) in [6, 6.07) is 7.72. The quantitative estimate of drug-likeness (QED) is 0.675. The first-order chi connectivity index (χ1) is 14.5. The molecule has 0 unspecified atom stereocenters. The summed E-state index contributed by atoms with van der Waals surface area (Å²) in [4.78, 5) is 23.4. The van der Waals surface area contributed by atoms with Crippen molar-refractivity contribution in [3.05, 3.63) is 59.4 Å². The normalized spacial score (nSPS) is 13.6. The molecule has 1 aliphatic heterocycles. The van der Waals surface area contributed by atoms with Crippen molar-refractivity contribution >= 4 is 17.4 Å². The number of rotatable bonds is 6. The van der Waals surface area contributed by atoms with E-state index in [1.54, 1.807) is 18.5 Å². The number of nitrogens with zero attached hydrogens (tertiary/aromatic N) is 5. The first-order valence-electron chi connectivity index (χ1n) is 10.2. The average Bonchev–Trinajstić information content (AvgIpc) is 3.37.